The van der Waals surface area contributed by atoms with Gasteiger partial charge in [-0.3, -0.25) is 4.79 Å². The molecule has 7 nitrogen and oxygen atoms in total. The van der Waals surface area contributed by atoms with Gasteiger partial charge in [0.25, 0.3) is 5.91 Å². The Labute approximate surface area is 167 Å². The normalized spacial score (nSPS) is 25.3. The first-order valence-electron chi connectivity index (χ1n) is 9.83. The van der Waals surface area contributed by atoms with E-state index >= 15 is 0 Å². The molecule has 1 aromatic heterocycles. The molecule has 3 fully saturated rings. The maximum absolute atomic E-state index is 14.3. The Morgan fingerprint density at radius 1 is 1.21 bits per heavy atom. The summed E-state index contributed by atoms with van der Waals surface area (Å²) in [6.07, 6.45) is 3.59. The van der Waals surface area contributed by atoms with Crippen molar-refractivity contribution in [1.82, 2.24) is 14.9 Å². The number of hydrogen-bond donors (Lipinski definition) is 0. The SMILES string of the molecule is N#Cc1cc(N2CCC3(CC2)OC2CCC(c4ccccc4F)N2C3=O)ncn1. The number of ether oxygens (including phenoxy) is 1. The van der Waals surface area contributed by atoms with E-state index < -0.39 is 5.60 Å². The minimum Gasteiger partial charge on any atom is -0.356 e. The van der Waals surface area contributed by atoms with Crippen molar-refractivity contribution in [2.45, 2.75) is 43.6 Å². The largest absolute Gasteiger partial charge is 0.356 e. The zero-order valence-electron chi connectivity index (χ0n) is 15.8. The van der Waals surface area contributed by atoms with E-state index in [9.17, 15) is 9.18 Å². The van der Waals surface area contributed by atoms with Crippen molar-refractivity contribution >= 4 is 11.7 Å². The van der Waals surface area contributed by atoms with Gasteiger partial charge in [0.1, 0.15) is 36.0 Å². The van der Waals surface area contributed by atoms with Gasteiger partial charge >= 0.3 is 0 Å². The molecule has 0 saturated carbocycles. The highest BCUT2D eigenvalue weighted by molar-refractivity contribution is 5.88. The number of piperidine rings is 1. The van der Waals surface area contributed by atoms with Crippen LogP contribution in [0.5, 0.6) is 0 Å². The van der Waals surface area contributed by atoms with Crippen LogP contribution in [0.2, 0.25) is 0 Å². The molecule has 4 heterocycles. The lowest BCUT2D eigenvalue weighted by atomic mass is 9.89. The van der Waals surface area contributed by atoms with Gasteiger partial charge in [-0.2, -0.15) is 5.26 Å². The molecule has 2 unspecified atom stereocenters. The van der Waals surface area contributed by atoms with Crippen LogP contribution in [0.3, 0.4) is 0 Å². The lowest BCUT2D eigenvalue weighted by Gasteiger charge is -2.38. The Kier molecular flexibility index (Phi) is 4.21. The van der Waals surface area contributed by atoms with Crippen molar-refractivity contribution in [3.8, 4) is 6.07 Å². The molecule has 0 N–H and O–H groups in total. The van der Waals surface area contributed by atoms with E-state index in [1.54, 1.807) is 29.2 Å². The van der Waals surface area contributed by atoms with E-state index in [0.717, 1.165) is 0 Å². The minimum atomic E-state index is -0.851. The highest BCUT2D eigenvalue weighted by Gasteiger charge is 2.58. The molecule has 29 heavy (non-hydrogen) atoms. The Bertz CT molecular complexity index is 999. The lowest BCUT2D eigenvalue weighted by molar-refractivity contribution is -0.140. The first-order valence-corrected chi connectivity index (χ1v) is 9.83. The monoisotopic (exact) mass is 393 g/mol. The number of rotatable bonds is 2. The molecule has 0 bridgehead atoms. The molecule has 2 aromatic rings. The predicted molar refractivity (Wildman–Crippen MR) is 101 cm³/mol. The van der Waals surface area contributed by atoms with Gasteiger partial charge in [-0.1, -0.05) is 18.2 Å². The van der Waals surface area contributed by atoms with Gasteiger partial charge in [0.2, 0.25) is 0 Å². The van der Waals surface area contributed by atoms with E-state index in [1.807, 2.05) is 11.0 Å². The molecule has 0 aliphatic carbocycles. The number of nitriles is 1. The molecule has 2 atom stereocenters. The number of fused-ring (bicyclic) bond motifs is 1. The summed E-state index contributed by atoms with van der Waals surface area (Å²) in [6.45, 7) is 1.19. The van der Waals surface area contributed by atoms with E-state index in [0.29, 0.717) is 55.8 Å². The first-order chi connectivity index (χ1) is 14.1. The first kappa shape index (κ1) is 18.0. The molecular formula is C21H20FN5O2. The van der Waals surface area contributed by atoms with Crippen LogP contribution >= 0.6 is 0 Å². The third-order valence-corrected chi connectivity index (χ3v) is 6.25. The molecule has 3 aliphatic heterocycles. The standard InChI is InChI=1S/C21H20FN5O2/c22-16-4-2-1-3-15(16)17-5-6-19-27(17)20(28)21(29-19)7-9-26(10-8-21)18-11-14(12-23)24-13-25-18/h1-4,11,13,17,19H,5-10H2. The number of aromatic nitrogens is 2. The molecule has 3 saturated heterocycles. The lowest BCUT2D eigenvalue weighted by Crippen LogP contribution is -2.50. The maximum atomic E-state index is 14.3. The highest BCUT2D eigenvalue weighted by Crippen LogP contribution is 2.48. The predicted octanol–water partition coefficient (Wildman–Crippen LogP) is 2.55. The van der Waals surface area contributed by atoms with Gasteiger partial charge < -0.3 is 14.5 Å². The maximum Gasteiger partial charge on any atom is 0.257 e. The van der Waals surface area contributed by atoms with Crippen LogP contribution in [-0.2, 0) is 9.53 Å². The smallest absolute Gasteiger partial charge is 0.257 e. The number of nitrogens with zero attached hydrogens (tertiary/aromatic N) is 5. The molecule has 3 aliphatic rings. The molecule has 1 aromatic carbocycles. The number of benzene rings is 1. The quantitative estimate of drug-likeness (QED) is 0.780. The molecule has 1 amide bonds. The highest BCUT2D eigenvalue weighted by atomic mass is 19.1. The Morgan fingerprint density at radius 2 is 2.00 bits per heavy atom. The van der Waals surface area contributed by atoms with Gasteiger partial charge in [-0.15, -0.1) is 0 Å². The van der Waals surface area contributed by atoms with Crippen LogP contribution in [0, 0.1) is 17.1 Å². The minimum absolute atomic E-state index is 0.0340. The number of halogens is 1. The van der Waals surface area contributed by atoms with Crippen LogP contribution in [0.4, 0.5) is 10.2 Å². The van der Waals surface area contributed by atoms with E-state index in [4.69, 9.17) is 10.00 Å². The van der Waals surface area contributed by atoms with Gasteiger partial charge in [0, 0.05) is 37.6 Å². The summed E-state index contributed by atoms with van der Waals surface area (Å²) in [5.74, 6) is 0.369. The fourth-order valence-corrected chi connectivity index (χ4v) is 4.77. The second kappa shape index (κ2) is 6.78. The summed E-state index contributed by atoms with van der Waals surface area (Å²) in [5.41, 5.74) is 0.0271. The van der Waals surface area contributed by atoms with Crippen molar-refractivity contribution < 1.29 is 13.9 Å². The van der Waals surface area contributed by atoms with Crippen molar-refractivity contribution in [2.24, 2.45) is 0 Å². The number of carbonyl (C=O) groups excluding carboxylic acids is 1. The summed E-state index contributed by atoms with van der Waals surface area (Å²) >= 11 is 0. The van der Waals surface area contributed by atoms with Crippen LogP contribution in [0.15, 0.2) is 36.7 Å². The molecular weight excluding hydrogens is 373 g/mol. The Morgan fingerprint density at radius 3 is 2.76 bits per heavy atom. The van der Waals surface area contributed by atoms with E-state index in [-0.39, 0.29) is 24.0 Å². The van der Waals surface area contributed by atoms with Crippen molar-refractivity contribution in [2.75, 3.05) is 18.0 Å². The van der Waals surface area contributed by atoms with Gasteiger partial charge in [0.05, 0.1) is 6.04 Å². The fourth-order valence-electron chi connectivity index (χ4n) is 4.77. The number of hydrogen-bond acceptors (Lipinski definition) is 6. The number of amides is 1. The van der Waals surface area contributed by atoms with Crippen LogP contribution < -0.4 is 4.90 Å². The number of carbonyl (C=O) groups is 1. The summed E-state index contributed by atoms with van der Waals surface area (Å²) < 4.78 is 20.6. The average molecular weight is 393 g/mol. The number of anilines is 1. The summed E-state index contributed by atoms with van der Waals surface area (Å²) in [5, 5.41) is 9.04. The zero-order chi connectivity index (χ0) is 20.0. The van der Waals surface area contributed by atoms with Crippen molar-refractivity contribution in [3.05, 3.63) is 53.7 Å². The topological polar surface area (TPSA) is 82.4 Å². The molecule has 8 heteroatoms. The summed E-state index contributed by atoms with van der Waals surface area (Å²) in [7, 11) is 0. The van der Waals surface area contributed by atoms with Gasteiger partial charge in [0.15, 0.2) is 5.60 Å². The fraction of sp³-hybridized carbons (Fsp3) is 0.429. The van der Waals surface area contributed by atoms with Gasteiger partial charge in [-0.25, -0.2) is 14.4 Å². The van der Waals surface area contributed by atoms with Gasteiger partial charge in [-0.05, 0) is 18.9 Å². The Balaban J connectivity index is 1.34. The van der Waals surface area contributed by atoms with Crippen LogP contribution in [-0.4, -0.2) is 45.7 Å². The second-order valence-electron chi connectivity index (χ2n) is 7.75. The molecule has 0 radical (unpaired) electrons. The Hall–Kier alpha value is -3.05. The average Bonchev–Trinajstić information content (AvgIpc) is 3.27. The molecule has 1 spiro atoms. The van der Waals surface area contributed by atoms with E-state index in [2.05, 4.69) is 9.97 Å². The molecule has 148 valence electrons. The molecule has 5 rings (SSSR count). The summed E-state index contributed by atoms with van der Waals surface area (Å²) in [4.78, 5) is 25.3. The van der Waals surface area contributed by atoms with E-state index in [1.165, 1.54) is 12.4 Å². The van der Waals surface area contributed by atoms with Crippen LogP contribution in [0.1, 0.15) is 43.0 Å². The summed E-state index contributed by atoms with van der Waals surface area (Å²) in [6, 6.07) is 10.1. The van der Waals surface area contributed by atoms with Crippen molar-refractivity contribution in [1.29, 1.82) is 5.26 Å². The van der Waals surface area contributed by atoms with Crippen molar-refractivity contribution in [3.63, 3.8) is 0 Å². The second-order valence-corrected chi connectivity index (χ2v) is 7.75. The zero-order valence-corrected chi connectivity index (χ0v) is 15.8. The third kappa shape index (κ3) is 2.85. The third-order valence-electron chi connectivity index (χ3n) is 6.25. The van der Waals surface area contributed by atoms with Crippen LogP contribution in [0.25, 0.3) is 0 Å².